The Labute approximate surface area is 196 Å². The zero-order valence-electron chi connectivity index (χ0n) is 19.3. The van der Waals surface area contributed by atoms with Crippen LogP contribution < -0.4 is 10.1 Å². The molecule has 0 spiro atoms. The molecule has 0 bridgehead atoms. The maximum Gasteiger partial charge on any atom is 0.261 e. The van der Waals surface area contributed by atoms with E-state index in [1.807, 2.05) is 91.0 Å². The van der Waals surface area contributed by atoms with Gasteiger partial charge in [0.15, 0.2) is 6.61 Å². The van der Waals surface area contributed by atoms with Crippen molar-refractivity contribution < 1.29 is 14.3 Å². The molecule has 3 aromatic rings. The number of ether oxygens (including phenoxy) is 1. The van der Waals surface area contributed by atoms with E-state index in [2.05, 4.69) is 19.2 Å². The summed E-state index contributed by atoms with van der Waals surface area (Å²) in [5.74, 6) is 0.645. The molecule has 3 rings (SSSR count). The molecule has 0 aliphatic carbocycles. The van der Waals surface area contributed by atoms with Crippen molar-refractivity contribution in [3.8, 4) is 5.75 Å². The lowest BCUT2D eigenvalue weighted by Crippen LogP contribution is -2.45. The van der Waals surface area contributed by atoms with E-state index in [-0.39, 0.29) is 18.4 Å². The molecule has 0 aliphatic rings. The number of benzene rings is 3. The summed E-state index contributed by atoms with van der Waals surface area (Å²) in [6.45, 7) is 4.95. The topological polar surface area (TPSA) is 58.6 Å². The third kappa shape index (κ3) is 7.49. The highest BCUT2D eigenvalue weighted by atomic mass is 16.5. The second kappa shape index (κ2) is 12.4. The van der Waals surface area contributed by atoms with E-state index >= 15 is 0 Å². The molecule has 5 nitrogen and oxygen atoms in total. The van der Waals surface area contributed by atoms with E-state index in [1.165, 1.54) is 0 Å². The van der Waals surface area contributed by atoms with Crippen molar-refractivity contribution >= 4 is 11.8 Å². The predicted octanol–water partition coefficient (Wildman–Crippen LogP) is 5.00. The van der Waals surface area contributed by atoms with Gasteiger partial charge in [-0.05, 0) is 35.6 Å². The second-order valence-corrected chi connectivity index (χ2v) is 8.40. The van der Waals surface area contributed by atoms with Crippen molar-refractivity contribution in [1.82, 2.24) is 10.2 Å². The van der Waals surface area contributed by atoms with Crippen LogP contribution in [0.3, 0.4) is 0 Å². The SMILES string of the molecule is CC(C)CCNC(=O)[C@H](c1ccccc1)N(Cc1ccccc1)C(=O)COc1ccccc1. The Morgan fingerprint density at radius 2 is 1.42 bits per heavy atom. The first-order valence-corrected chi connectivity index (χ1v) is 11.4. The van der Waals surface area contributed by atoms with E-state index in [9.17, 15) is 9.59 Å². The van der Waals surface area contributed by atoms with Crippen LogP contribution in [0.25, 0.3) is 0 Å². The van der Waals surface area contributed by atoms with Crippen LogP contribution in [0.1, 0.15) is 37.4 Å². The van der Waals surface area contributed by atoms with Gasteiger partial charge in [0.05, 0.1) is 0 Å². The summed E-state index contributed by atoms with van der Waals surface area (Å²) in [7, 11) is 0. The highest BCUT2D eigenvalue weighted by Crippen LogP contribution is 2.24. The minimum atomic E-state index is -0.759. The van der Waals surface area contributed by atoms with Gasteiger partial charge in [0.1, 0.15) is 11.8 Å². The van der Waals surface area contributed by atoms with Crippen LogP contribution in [-0.2, 0) is 16.1 Å². The summed E-state index contributed by atoms with van der Waals surface area (Å²) in [5, 5.41) is 3.03. The van der Waals surface area contributed by atoms with Crippen LogP contribution in [0, 0.1) is 5.92 Å². The Morgan fingerprint density at radius 3 is 2.03 bits per heavy atom. The van der Waals surface area contributed by atoms with Crippen molar-refractivity contribution in [3.63, 3.8) is 0 Å². The van der Waals surface area contributed by atoms with E-state index in [0.717, 1.165) is 17.5 Å². The van der Waals surface area contributed by atoms with Crippen LogP contribution >= 0.6 is 0 Å². The number of carbonyl (C=O) groups excluding carboxylic acids is 2. The summed E-state index contributed by atoms with van der Waals surface area (Å²) < 4.78 is 5.74. The van der Waals surface area contributed by atoms with Gasteiger partial charge in [-0.15, -0.1) is 0 Å². The Morgan fingerprint density at radius 1 is 0.848 bits per heavy atom. The normalized spacial score (nSPS) is 11.6. The zero-order chi connectivity index (χ0) is 23.5. The van der Waals surface area contributed by atoms with Gasteiger partial charge in [-0.3, -0.25) is 9.59 Å². The summed E-state index contributed by atoms with van der Waals surface area (Å²) in [6.07, 6.45) is 0.872. The van der Waals surface area contributed by atoms with E-state index < -0.39 is 6.04 Å². The van der Waals surface area contributed by atoms with Crippen LogP contribution in [0.15, 0.2) is 91.0 Å². The van der Waals surface area contributed by atoms with Crippen LogP contribution in [-0.4, -0.2) is 29.9 Å². The molecule has 0 aromatic heterocycles. The van der Waals surface area contributed by atoms with Gasteiger partial charge in [0.25, 0.3) is 5.91 Å². The average molecular weight is 445 g/mol. The molecule has 0 aliphatic heterocycles. The molecule has 2 amide bonds. The molecule has 0 saturated heterocycles. The summed E-state index contributed by atoms with van der Waals surface area (Å²) >= 11 is 0. The van der Waals surface area contributed by atoms with Crippen LogP contribution in [0.2, 0.25) is 0 Å². The zero-order valence-corrected chi connectivity index (χ0v) is 19.3. The Bertz CT molecular complexity index is 991. The predicted molar refractivity (Wildman–Crippen MR) is 131 cm³/mol. The third-order valence-electron chi connectivity index (χ3n) is 5.32. The minimum absolute atomic E-state index is 0.153. The van der Waals surface area contributed by atoms with Crippen molar-refractivity contribution in [1.29, 1.82) is 0 Å². The highest BCUT2D eigenvalue weighted by molar-refractivity contribution is 5.89. The largest absolute Gasteiger partial charge is 0.484 e. The number of carbonyl (C=O) groups is 2. The summed E-state index contributed by atoms with van der Waals surface area (Å²) in [6, 6.07) is 27.6. The lowest BCUT2D eigenvalue weighted by atomic mass is 10.0. The number of nitrogens with zero attached hydrogens (tertiary/aromatic N) is 1. The van der Waals surface area contributed by atoms with Gasteiger partial charge in [0, 0.05) is 13.1 Å². The number of hydrogen-bond acceptors (Lipinski definition) is 3. The molecule has 0 heterocycles. The van der Waals surface area contributed by atoms with Crippen molar-refractivity contribution in [2.75, 3.05) is 13.2 Å². The highest BCUT2D eigenvalue weighted by Gasteiger charge is 2.31. The second-order valence-electron chi connectivity index (χ2n) is 8.40. The quantitative estimate of drug-likeness (QED) is 0.453. The van der Waals surface area contributed by atoms with E-state index in [1.54, 1.807) is 4.90 Å². The monoisotopic (exact) mass is 444 g/mol. The number of amides is 2. The van der Waals surface area contributed by atoms with E-state index in [0.29, 0.717) is 24.8 Å². The van der Waals surface area contributed by atoms with Gasteiger partial charge in [0.2, 0.25) is 5.91 Å². The van der Waals surface area contributed by atoms with Crippen LogP contribution in [0.5, 0.6) is 5.75 Å². The third-order valence-corrected chi connectivity index (χ3v) is 5.32. The van der Waals surface area contributed by atoms with Gasteiger partial charge < -0.3 is 15.0 Å². The lowest BCUT2D eigenvalue weighted by molar-refractivity contribution is -0.143. The fourth-order valence-corrected chi connectivity index (χ4v) is 3.54. The molecule has 33 heavy (non-hydrogen) atoms. The molecule has 0 unspecified atom stereocenters. The van der Waals surface area contributed by atoms with Crippen molar-refractivity contribution in [2.24, 2.45) is 5.92 Å². The molecule has 0 saturated carbocycles. The molecule has 0 fully saturated rings. The van der Waals surface area contributed by atoms with Gasteiger partial charge in [-0.2, -0.15) is 0 Å². The van der Waals surface area contributed by atoms with Gasteiger partial charge >= 0.3 is 0 Å². The molecule has 1 N–H and O–H groups in total. The van der Waals surface area contributed by atoms with Crippen LogP contribution in [0.4, 0.5) is 0 Å². The molecule has 1 atom stereocenters. The fourth-order valence-electron chi connectivity index (χ4n) is 3.54. The fraction of sp³-hybridized carbons (Fsp3) is 0.286. The number of hydrogen-bond donors (Lipinski definition) is 1. The molecule has 5 heteroatoms. The Kier molecular flexibility index (Phi) is 9.07. The first-order valence-electron chi connectivity index (χ1n) is 11.4. The summed E-state index contributed by atoms with van der Waals surface area (Å²) in [4.78, 5) is 28.4. The van der Waals surface area contributed by atoms with Crippen molar-refractivity contribution in [2.45, 2.75) is 32.9 Å². The molecular weight excluding hydrogens is 412 g/mol. The van der Waals surface area contributed by atoms with Gasteiger partial charge in [-0.1, -0.05) is 92.7 Å². The molecule has 172 valence electrons. The van der Waals surface area contributed by atoms with Crippen molar-refractivity contribution in [3.05, 3.63) is 102 Å². The molecule has 3 aromatic carbocycles. The standard InChI is InChI=1S/C28H32N2O3/c1-22(2)18-19-29-28(32)27(24-14-8-4-9-15-24)30(20-23-12-6-3-7-13-23)26(31)21-33-25-16-10-5-11-17-25/h3-17,22,27H,18-21H2,1-2H3,(H,29,32)/t27-/m0/s1. The molecular formula is C28H32N2O3. The van der Waals surface area contributed by atoms with Gasteiger partial charge in [-0.25, -0.2) is 0 Å². The maximum absolute atomic E-state index is 13.4. The maximum atomic E-state index is 13.4. The average Bonchev–Trinajstić information content (AvgIpc) is 2.84. The smallest absolute Gasteiger partial charge is 0.261 e. The Hall–Kier alpha value is -3.60. The summed E-state index contributed by atoms with van der Waals surface area (Å²) in [5.41, 5.74) is 1.71. The molecule has 0 radical (unpaired) electrons. The Balaban J connectivity index is 1.88. The first-order chi connectivity index (χ1) is 16.0. The number of nitrogens with one attached hydrogen (secondary N) is 1. The number of para-hydroxylation sites is 1. The lowest BCUT2D eigenvalue weighted by Gasteiger charge is -2.31. The first kappa shape index (κ1) is 24.1. The van der Waals surface area contributed by atoms with E-state index in [4.69, 9.17) is 4.74 Å². The number of rotatable bonds is 11. The minimum Gasteiger partial charge on any atom is -0.484 e.